The van der Waals surface area contributed by atoms with E-state index in [-0.39, 0.29) is 29.2 Å². The number of nitrogens with zero attached hydrogens (tertiary/aromatic N) is 3. The van der Waals surface area contributed by atoms with E-state index in [1.165, 1.54) is 4.90 Å². The number of nitrogens with one attached hydrogen (secondary N) is 3. The summed E-state index contributed by atoms with van der Waals surface area (Å²) in [4.78, 5) is 29.9. The number of rotatable bonds is 10. The summed E-state index contributed by atoms with van der Waals surface area (Å²) in [5.41, 5.74) is 2.62. The zero-order valence-corrected chi connectivity index (χ0v) is 25.5. The van der Waals surface area contributed by atoms with Crippen molar-refractivity contribution in [2.45, 2.75) is 66.6 Å². The average molecular weight is 607 g/mol. The third-order valence-corrected chi connectivity index (χ3v) is 6.60. The van der Waals surface area contributed by atoms with E-state index in [0.717, 1.165) is 35.8 Å². The molecule has 2 rings (SSSR count). The van der Waals surface area contributed by atoms with E-state index >= 15 is 0 Å². The van der Waals surface area contributed by atoms with Gasteiger partial charge in [0.2, 0.25) is 12.4 Å². The largest absolute Gasteiger partial charge is 0.416 e. The van der Waals surface area contributed by atoms with Gasteiger partial charge in [-0.25, -0.2) is 9.79 Å². The number of imide groups is 1. The molecule has 0 bridgehead atoms. The predicted molar refractivity (Wildman–Crippen MR) is 166 cm³/mol. The predicted octanol–water partition coefficient (Wildman–Crippen LogP) is 7.60. The van der Waals surface area contributed by atoms with Crippen LogP contribution in [0.3, 0.4) is 0 Å². The summed E-state index contributed by atoms with van der Waals surface area (Å²) in [6.45, 7) is 12.8. The number of hydrogen-bond donors (Lipinski definition) is 3. The van der Waals surface area contributed by atoms with Crippen molar-refractivity contribution in [1.82, 2.24) is 15.5 Å². The third kappa shape index (κ3) is 9.80. The second-order valence-electron chi connectivity index (χ2n) is 10.1. The second kappa shape index (κ2) is 16.0. The number of carbonyl (C=O) groups is 2. The molecule has 0 saturated carbocycles. The van der Waals surface area contributed by atoms with E-state index in [2.05, 4.69) is 16.9 Å². The summed E-state index contributed by atoms with van der Waals surface area (Å²) in [7, 11) is 0. The number of alkyl halides is 3. The summed E-state index contributed by atoms with van der Waals surface area (Å²) in [5, 5.41) is 22.1. The molecule has 1 aromatic rings. The van der Waals surface area contributed by atoms with Gasteiger partial charge < -0.3 is 10.3 Å². The molecule has 0 spiro atoms. The van der Waals surface area contributed by atoms with E-state index < -0.39 is 24.3 Å². The van der Waals surface area contributed by atoms with Crippen LogP contribution in [0.5, 0.6) is 0 Å². The number of aliphatic imine (C=N–C) groups is 1. The quantitative estimate of drug-likeness (QED) is 0.110. The van der Waals surface area contributed by atoms with Crippen LogP contribution in [0, 0.1) is 16.7 Å². The van der Waals surface area contributed by atoms with Crippen LogP contribution in [-0.2, 0) is 17.5 Å². The van der Waals surface area contributed by atoms with E-state index in [0.29, 0.717) is 35.4 Å². The fourth-order valence-corrected chi connectivity index (χ4v) is 4.32. The van der Waals surface area contributed by atoms with Gasteiger partial charge in [-0.2, -0.15) is 18.4 Å². The highest BCUT2D eigenvalue weighted by Crippen LogP contribution is 2.34. The van der Waals surface area contributed by atoms with Gasteiger partial charge in [0.1, 0.15) is 0 Å². The number of nitriles is 1. The van der Waals surface area contributed by atoms with E-state index in [1.54, 1.807) is 31.2 Å². The van der Waals surface area contributed by atoms with Crippen molar-refractivity contribution >= 4 is 24.1 Å². The Labute approximate surface area is 256 Å². The van der Waals surface area contributed by atoms with Crippen molar-refractivity contribution in [2.24, 2.45) is 4.99 Å². The molecule has 0 unspecified atom stereocenters. The lowest BCUT2D eigenvalue weighted by Gasteiger charge is -2.29. The molecule has 0 radical (unpaired) electrons. The molecule has 3 N–H and O–H groups in total. The van der Waals surface area contributed by atoms with Crippen LogP contribution < -0.4 is 10.6 Å². The van der Waals surface area contributed by atoms with E-state index in [4.69, 9.17) is 5.41 Å². The monoisotopic (exact) mass is 606 g/mol. The molecule has 3 amide bonds. The van der Waals surface area contributed by atoms with Gasteiger partial charge in [-0.3, -0.25) is 15.4 Å². The Balaban J connectivity index is 2.94. The Hall–Kier alpha value is -4.98. The van der Waals surface area contributed by atoms with Gasteiger partial charge in [0, 0.05) is 5.70 Å². The van der Waals surface area contributed by atoms with Gasteiger partial charge >= 0.3 is 12.2 Å². The molecule has 232 valence electrons. The average Bonchev–Trinajstić information content (AvgIpc) is 2.96. The number of guanidine groups is 1. The van der Waals surface area contributed by atoms with Crippen LogP contribution in [0.2, 0.25) is 0 Å². The highest BCUT2D eigenvalue weighted by molar-refractivity contribution is 6.10. The van der Waals surface area contributed by atoms with Crippen LogP contribution in [0.1, 0.15) is 70.6 Å². The first kappa shape index (κ1) is 35.2. The van der Waals surface area contributed by atoms with Crippen molar-refractivity contribution in [3.05, 3.63) is 106 Å². The molecule has 1 aliphatic carbocycles. The minimum Gasteiger partial charge on any atom is -0.308 e. The lowest BCUT2D eigenvalue weighted by Crippen LogP contribution is -2.47. The minimum absolute atomic E-state index is 0.0197. The normalized spacial score (nSPS) is 14.9. The number of allylic oxidation sites excluding steroid dienone is 9. The molecule has 8 nitrogen and oxygen atoms in total. The number of amides is 3. The van der Waals surface area contributed by atoms with Crippen molar-refractivity contribution < 1.29 is 22.8 Å². The van der Waals surface area contributed by atoms with E-state index in [1.807, 2.05) is 45.2 Å². The molecule has 1 aliphatic rings. The molecule has 0 saturated heterocycles. The topological polar surface area (TPSA) is 121 Å². The highest BCUT2D eigenvalue weighted by atomic mass is 19.4. The van der Waals surface area contributed by atoms with Crippen molar-refractivity contribution in [3.63, 3.8) is 0 Å². The summed E-state index contributed by atoms with van der Waals surface area (Å²) < 4.78 is 42.5. The van der Waals surface area contributed by atoms with Gasteiger partial charge in [0.15, 0.2) is 0 Å². The fourth-order valence-electron chi connectivity index (χ4n) is 4.32. The molecular weight excluding hydrogens is 569 g/mol. The Morgan fingerprint density at radius 2 is 1.91 bits per heavy atom. The fraction of sp³-hybridized carbons (Fsp3) is 0.303. The first-order chi connectivity index (χ1) is 20.8. The van der Waals surface area contributed by atoms with Crippen LogP contribution in [0.25, 0.3) is 0 Å². The van der Waals surface area contributed by atoms with Crippen LogP contribution in [-0.4, -0.2) is 29.0 Å². The lowest BCUT2D eigenvalue weighted by atomic mass is 9.96. The first-order valence-electron chi connectivity index (χ1n) is 14.0. The summed E-state index contributed by atoms with van der Waals surface area (Å²) >= 11 is 0. The number of carbonyl (C=O) groups excluding carboxylic acids is 2. The summed E-state index contributed by atoms with van der Waals surface area (Å²) in [5.74, 6) is -0.192. The minimum atomic E-state index is -4.74. The zero-order valence-electron chi connectivity index (χ0n) is 25.5. The van der Waals surface area contributed by atoms with Crippen molar-refractivity contribution in [3.8, 4) is 6.07 Å². The highest BCUT2D eigenvalue weighted by Gasteiger charge is 2.34. The molecule has 1 aromatic carbocycles. The number of benzene rings is 1. The van der Waals surface area contributed by atoms with Gasteiger partial charge in [-0.15, -0.1) is 0 Å². The molecule has 0 heterocycles. The maximum atomic E-state index is 14.2. The Morgan fingerprint density at radius 3 is 2.48 bits per heavy atom. The van der Waals surface area contributed by atoms with Crippen LogP contribution >= 0.6 is 0 Å². The molecule has 0 atom stereocenters. The Kier molecular flexibility index (Phi) is 12.8. The second-order valence-corrected chi connectivity index (χ2v) is 10.1. The molecule has 11 heteroatoms. The van der Waals surface area contributed by atoms with Gasteiger partial charge in [-0.1, -0.05) is 44.6 Å². The van der Waals surface area contributed by atoms with Gasteiger partial charge in [0.05, 0.1) is 35.1 Å². The molecule has 0 aliphatic heterocycles. The van der Waals surface area contributed by atoms with Crippen molar-refractivity contribution in [1.29, 1.82) is 10.7 Å². The van der Waals surface area contributed by atoms with Crippen molar-refractivity contribution in [2.75, 3.05) is 0 Å². The Morgan fingerprint density at radius 1 is 1.20 bits per heavy atom. The number of halogens is 3. The molecule has 0 aromatic heterocycles. The third-order valence-electron chi connectivity index (χ3n) is 6.60. The smallest absolute Gasteiger partial charge is 0.308 e. The standard InChI is InChI=1S/C33H37F3N6O2/c1-7-10-25-17-29(38)23(6)15-30(25)40-31(41-32(44)39-20-43)42(27(9-3)14-22(5)13-21(4)8-2)19-26-16-24(18-37)11-12-28(26)33(34,35)36/h9,11-17,20,38H,6-8,10,19H2,1-5H3,(H2,39,40,41,43,44)/b21-13+,22-14-,27-9+,38-29?. The first-order valence-corrected chi connectivity index (χ1v) is 14.0. The van der Waals surface area contributed by atoms with Gasteiger partial charge in [0.25, 0.3) is 0 Å². The number of hydrogen-bond acceptors (Lipinski definition) is 5. The lowest BCUT2D eigenvalue weighted by molar-refractivity contribution is -0.138. The van der Waals surface area contributed by atoms with E-state index in [9.17, 15) is 28.0 Å². The molecule has 44 heavy (non-hydrogen) atoms. The summed E-state index contributed by atoms with van der Waals surface area (Å²) in [6, 6.07) is 4.00. The van der Waals surface area contributed by atoms with Crippen LogP contribution in [0.15, 0.2) is 93.8 Å². The maximum absolute atomic E-state index is 14.2. The van der Waals surface area contributed by atoms with Gasteiger partial charge in [-0.05, 0) is 92.3 Å². The maximum Gasteiger partial charge on any atom is 0.416 e. The van der Waals surface area contributed by atoms with Crippen LogP contribution in [0.4, 0.5) is 18.0 Å². The Bertz CT molecular complexity index is 1530. The zero-order chi connectivity index (χ0) is 33.0. The molecule has 0 fully saturated rings. The number of urea groups is 1. The summed E-state index contributed by atoms with van der Waals surface area (Å²) in [6.07, 6.45) is 5.94. The SMILES string of the molecule is C=C1C=C(N=C(NC(=O)NC=O)N(Cc2cc(C#N)ccc2C(F)(F)F)C(/C=C(C)\C=C(/C)CC)=C/C)C(CCC)=CC1=N. The molecular formula is C33H37F3N6O2.